The summed E-state index contributed by atoms with van der Waals surface area (Å²) in [6.45, 7) is 1.93. The molecule has 5 nitrogen and oxygen atoms in total. The van der Waals surface area contributed by atoms with Crippen molar-refractivity contribution in [3.63, 3.8) is 0 Å². The summed E-state index contributed by atoms with van der Waals surface area (Å²) in [5.41, 5.74) is 1.76. The Labute approximate surface area is 112 Å². The molecule has 0 fully saturated rings. The first kappa shape index (κ1) is 11.4. The highest BCUT2D eigenvalue weighted by Gasteiger charge is 2.10. The molecule has 7 heteroatoms. The van der Waals surface area contributed by atoms with Gasteiger partial charge in [-0.2, -0.15) is 0 Å². The van der Waals surface area contributed by atoms with Gasteiger partial charge in [-0.25, -0.2) is 9.97 Å². The molecule has 0 aliphatic carbocycles. The minimum atomic E-state index is 0.233. The largest absolute Gasteiger partial charge is 0.277 e. The van der Waals surface area contributed by atoms with Crippen LogP contribution >= 0.6 is 23.4 Å². The highest BCUT2D eigenvalue weighted by atomic mass is 35.5. The number of hydrogen-bond donors (Lipinski definition) is 0. The monoisotopic (exact) mass is 277 g/mol. The molecule has 18 heavy (non-hydrogen) atoms. The zero-order valence-corrected chi connectivity index (χ0v) is 11.0. The number of halogens is 1. The first-order chi connectivity index (χ1) is 8.74. The van der Waals surface area contributed by atoms with Crippen LogP contribution < -0.4 is 0 Å². The Morgan fingerprint density at radius 2 is 2.17 bits per heavy atom. The van der Waals surface area contributed by atoms with Crippen LogP contribution in [-0.4, -0.2) is 24.6 Å². The molecule has 0 radical (unpaired) electrons. The standard InChI is InChI=1S/C11H8ClN5S/c1-7-6-13-10(12)14-9(7)18-11-16-15-8-4-2-3-5-17(8)11/h2-6H,1H3. The first-order valence-corrected chi connectivity index (χ1v) is 6.40. The Bertz CT molecular complexity index is 711. The molecular formula is C11H8ClN5S. The van der Waals surface area contributed by atoms with Crippen LogP contribution in [0.3, 0.4) is 0 Å². The number of aryl methyl sites for hydroxylation is 1. The third-order valence-corrected chi connectivity index (χ3v) is 3.62. The predicted molar refractivity (Wildman–Crippen MR) is 68.9 cm³/mol. The van der Waals surface area contributed by atoms with Crippen molar-refractivity contribution < 1.29 is 0 Å². The molecule has 0 aromatic carbocycles. The molecule has 0 saturated heterocycles. The van der Waals surface area contributed by atoms with Gasteiger partial charge < -0.3 is 0 Å². The highest BCUT2D eigenvalue weighted by molar-refractivity contribution is 7.99. The summed E-state index contributed by atoms with van der Waals surface area (Å²) in [6, 6.07) is 5.75. The van der Waals surface area contributed by atoms with Crippen LogP contribution in [0.1, 0.15) is 5.56 Å². The van der Waals surface area contributed by atoms with Gasteiger partial charge in [0.1, 0.15) is 5.03 Å². The fraction of sp³-hybridized carbons (Fsp3) is 0.0909. The van der Waals surface area contributed by atoms with Gasteiger partial charge in [0.15, 0.2) is 5.65 Å². The normalized spacial score (nSPS) is 11.0. The van der Waals surface area contributed by atoms with E-state index in [-0.39, 0.29) is 5.28 Å². The summed E-state index contributed by atoms with van der Waals surface area (Å²) in [6.07, 6.45) is 3.61. The van der Waals surface area contributed by atoms with Crippen molar-refractivity contribution in [1.29, 1.82) is 0 Å². The first-order valence-electron chi connectivity index (χ1n) is 5.21. The molecule has 0 bridgehead atoms. The summed E-state index contributed by atoms with van der Waals surface area (Å²) in [5.74, 6) is 0. The summed E-state index contributed by atoms with van der Waals surface area (Å²) in [7, 11) is 0. The van der Waals surface area contributed by atoms with Gasteiger partial charge in [0.2, 0.25) is 10.4 Å². The molecule has 3 heterocycles. The number of fused-ring (bicyclic) bond motifs is 1. The molecule has 0 amide bonds. The summed E-state index contributed by atoms with van der Waals surface area (Å²) in [5, 5.41) is 9.99. The van der Waals surface area contributed by atoms with Gasteiger partial charge in [-0.05, 0) is 42.4 Å². The van der Waals surface area contributed by atoms with E-state index in [0.717, 1.165) is 21.4 Å². The Morgan fingerprint density at radius 3 is 3.06 bits per heavy atom. The number of aromatic nitrogens is 5. The van der Waals surface area contributed by atoms with Crippen molar-refractivity contribution in [2.45, 2.75) is 17.1 Å². The van der Waals surface area contributed by atoms with E-state index in [1.807, 2.05) is 35.7 Å². The third kappa shape index (κ3) is 2.04. The highest BCUT2D eigenvalue weighted by Crippen LogP contribution is 2.27. The van der Waals surface area contributed by atoms with Crippen LogP contribution in [0.5, 0.6) is 0 Å². The van der Waals surface area contributed by atoms with Crippen LogP contribution in [0.4, 0.5) is 0 Å². The lowest BCUT2D eigenvalue weighted by molar-refractivity contribution is 0.910. The van der Waals surface area contributed by atoms with Crippen molar-refractivity contribution in [3.8, 4) is 0 Å². The van der Waals surface area contributed by atoms with E-state index in [2.05, 4.69) is 20.2 Å². The quantitative estimate of drug-likeness (QED) is 0.532. The zero-order valence-electron chi connectivity index (χ0n) is 9.41. The van der Waals surface area contributed by atoms with Gasteiger partial charge in [-0.1, -0.05) is 6.07 Å². The molecule has 3 rings (SSSR count). The second kappa shape index (κ2) is 4.55. The lowest BCUT2D eigenvalue weighted by Gasteiger charge is -2.02. The van der Waals surface area contributed by atoms with Crippen molar-refractivity contribution >= 4 is 29.0 Å². The molecule has 3 aromatic heterocycles. The molecule has 90 valence electrons. The van der Waals surface area contributed by atoms with Gasteiger partial charge in [0.05, 0.1) is 0 Å². The van der Waals surface area contributed by atoms with Gasteiger partial charge in [-0.15, -0.1) is 10.2 Å². The zero-order chi connectivity index (χ0) is 12.5. The van der Waals surface area contributed by atoms with Crippen molar-refractivity contribution in [3.05, 3.63) is 41.4 Å². The molecule has 0 unspecified atom stereocenters. The SMILES string of the molecule is Cc1cnc(Cl)nc1Sc1nnc2ccccn12. The number of hydrogen-bond acceptors (Lipinski definition) is 5. The van der Waals surface area contributed by atoms with E-state index in [9.17, 15) is 0 Å². The van der Waals surface area contributed by atoms with Crippen molar-refractivity contribution in [2.75, 3.05) is 0 Å². The number of pyridine rings is 1. The van der Waals surface area contributed by atoms with Crippen molar-refractivity contribution in [2.24, 2.45) is 0 Å². The third-order valence-electron chi connectivity index (χ3n) is 2.37. The number of nitrogens with zero attached hydrogens (tertiary/aromatic N) is 5. The maximum Gasteiger partial charge on any atom is 0.223 e. The van der Waals surface area contributed by atoms with E-state index in [0.29, 0.717) is 0 Å². The van der Waals surface area contributed by atoms with E-state index in [4.69, 9.17) is 11.6 Å². The van der Waals surface area contributed by atoms with Crippen LogP contribution in [0, 0.1) is 6.92 Å². The van der Waals surface area contributed by atoms with Crippen LogP contribution in [-0.2, 0) is 0 Å². The Balaban J connectivity index is 2.04. The smallest absolute Gasteiger partial charge is 0.223 e. The van der Waals surface area contributed by atoms with E-state index < -0.39 is 0 Å². The predicted octanol–water partition coefficient (Wildman–Crippen LogP) is 2.63. The topological polar surface area (TPSA) is 56.0 Å². The Morgan fingerprint density at radius 1 is 1.28 bits per heavy atom. The Kier molecular flexibility index (Phi) is 2.89. The van der Waals surface area contributed by atoms with E-state index in [1.54, 1.807) is 6.20 Å². The molecule has 0 aliphatic rings. The Hall–Kier alpha value is -1.66. The molecule has 0 atom stereocenters. The van der Waals surface area contributed by atoms with Gasteiger partial charge in [-0.3, -0.25) is 4.40 Å². The van der Waals surface area contributed by atoms with Gasteiger partial charge >= 0.3 is 0 Å². The maximum atomic E-state index is 5.80. The average Bonchev–Trinajstić information content (AvgIpc) is 2.78. The van der Waals surface area contributed by atoms with Crippen LogP contribution in [0.25, 0.3) is 5.65 Å². The van der Waals surface area contributed by atoms with Gasteiger partial charge in [0, 0.05) is 18.0 Å². The fourth-order valence-electron chi connectivity index (χ4n) is 1.49. The fourth-order valence-corrected chi connectivity index (χ4v) is 2.52. The summed E-state index contributed by atoms with van der Waals surface area (Å²) in [4.78, 5) is 8.12. The average molecular weight is 278 g/mol. The second-order valence-corrected chi connectivity index (χ2v) is 4.93. The molecule has 3 aromatic rings. The maximum absolute atomic E-state index is 5.80. The molecule has 0 spiro atoms. The molecule has 0 N–H and O–H groups in total. The second-order valence-electron chi connectivity index (χ2n) is 3.64. The molecule has 0 saturated carbocycles. The minimum Gasteiger partial charge on any atom is -0.277 e. The summed E-state index contributed by atoms with van der Waals surface area (Å²) >= 11 is 7.22. The number of rotatable bonds is 2. The molecule has 0 aliphatic heterocycles. The van der Waals surface area contributed by atoms with E-state index in [1.165, 1.54) is 11.8 Å². The lowest BCUT2D eigenvalue weighted by atomic mass is 10.4. The lowest BCUT2D eigenvalue weighted by Crippen LogP contribution is -1.92. The van der Waals surface area contributed by atoms with E-state index >= 15 is 0 Å². The van der Waals surface area contributed by atoms with Crippen LogP contribution in [0.2, 0.25) is 5.28 Å². The van der Waals surface area contributed by atoms with Crippen LogP contribution in [0.15, 0.2) is 40.8 Å². The van der Waals surface area contributed by atoms with Crippen molar-refractivity contribution in [1.82, 2.24) is 24.6 Å². The molecular weight excluding hydrogens is 270 g/mol. The summed E-state index contributed by atoms with van der Waals surface area (Å²) < 4.78 is 1.90. The minimum absolute atomic E-state index is 0.233. The van der Waals surface area contributed by atoms with Gasteiger partial charge in [0.25, 0.3) is 0 Å².